The number of nitrogens with two attached hydrogens (primary N) is 2. The molecule has 13 nitrogen and oxygen atoms in total. The van der Waals surface area contributed by atoms with E-state index in [-0.39, 0.29) is 47.0 Å². The van der Waals surface area contributed by atoms with Crippen LogP contribution in [0.2, 0.25) is 0 Å². The highest BCUT2D eigenvalue weighted by Gasteiger charge is 2.35. The average molecular weight is 574 g/mol. The molecule has 0 unspecified atom stereocenters. The minimum Gasteiger partial charge on any atom is -0.382 e. The van der Waals surface area contributed by atoms with E-state index >= 15 is 0 Å². The summed E-state index contributed by atoms with van der Waals surface area (Å²) >= 11 is 3.09. The van der Waals surface area contributed by atoms with E-state index in [1.165, 1.54) is 42.5 Å². The van der Waals surface area contributed by atoms with E-state index < -0.39 is 26.6 Å². The standard InChI is InChI=1S/C19H21BrFN7O6S/c20-15-10-14(6-7-16(15)21)26-17(18(22)23)19(25-8-1-9-35(24,31)32)28(34-26)33-11-12-2-4-13(5-3-12)27(29)30/h2-7,10,25H,1,8-9,11H2,(H3,22,23)(H2,24,31,32). The third-order valence-corrected chi connectivity index (χ3v) is 6.02. The topological polar surface area (TPSA) is 190 Å². The lowest BCUT2D eigenvalue weighted by Gasteiger charge is -2.21. The minimum atomic E-state index is -3.68. The van der Waals surface area contributed by atoms with Crippen molar-refractivity contribution in [3.05, 3.63) is 80.0 Å². The number of hydrogen-bond acceptors (Lipinski definition) is 10. The van der Waals surface area contributed by atoms with Crippen molar-refractivity contribution < 1.29 is 27.5 Å². The summed E-state index contributed by atoms with van der Waals surface area (Å²) in [5.74, 6) is -1.16. The fourth-order valence-corrected chi connectivity index (χ4v) is 3.84. The van der Waals surface area contributed by atoms with Gasteiger partial charge < -0.3 is 11.1 Å². The molecule has 1 aliphatic heterocycles. The zero-order valence-corrected chi connectivity index (χ0v) is 20.4. The second kappa shape index (κ2) is 11.0. The third kappa shape index (κ3) is 6.86. The van der Waals surface area contributed by atoms with Gasteiger partial charge in [-0.3, -0.25) is 15.5 Å². The van der Waals surface area contributed by atoms with Crippen molar-refractivity contribution in [3.8, 4) is 0 Å². The summed E-state index contributed by atoms with van der Waals surface area (Å²) in [5, 5.41) is 28.9. The number of nitrogens with zero attached hydrogens (tertiary/aromatic N) is 3. The quantitative estimate of drug-likeness (QED) is 0.101. The summed E-state index contributed by atoms with van der Waals surface area (Å²) in [6.07, 6.45) is 0.131. The van der Waals surface area contributed by atoms with Crippen LogP contribution in [0.25, 0.3) is 0 Å². The molecule has 0 saturated carbocycles. The average Bonchev–Trinajstić information content (AvgIpc) is 3.15. The Labute approximate surface area is 207 Å². The SMILES string of the molecule is N=C(N)C1=C(NCCCS(N)(=O)=O)N(OCc2ccc([N+](=O)[O-])cc2)ON1c1ccc(F)c(Br)c1. The van der Waals surface area contributed by atoms with Crippen LogP contribution in [0.4, 0.5) is 15.8 Å². The van der Waals surface area contributed by atoms with Crippen molar-refractivity contribution in [2.75, 3.05) is 17.4 Å². The Morgan fingerprint density at radius 2 is 1.97 bits per heavy atom. The van der Waals surface area contributed by atoms with Crippen LogP contribution in [-0.4, -0.2) is 36.7 Å². The molecule has 1 heterocycles. The third-order valence-electron chi connectivity index (χ3n) is 4.55. The van der Waals surface area contributed by atoms with Crippen molar-refractivity contribution >= 4 is 43.2 Å². The molecule has 2 aromatic rings. The number of nitro benzene ring substituents is 1. The summed E-state index contributed by atoms with van der Waals surface area (Å²) in [5.41, 5.74) is 6.59. The Morgan fingerprint density at radius 3 is 2.54 bits per heavy atom. The fraction of sp³-hybridized carbons (Fsp3) is 0.211. The molecular weight excluding hydrogens is 553 g/mol. The number of anilines is 1. The molecule has 1 aliphatic rings. The highest BCUT2D eigenvalue weighted by molar-refractivity contribution is 9.10. The van der Waals surface area contributed by atoms with E-state index in [4.69, 9.17) is 26.1 Å². The maximum atomic E-state index is 13.7. The van der Waals surface area contributed by atoms with Gasteiger partial charge in [0.1, 0.15) is 18.3 Å². The van der Waals surface area contributed by atoms with E-state index in [9.17, 15) is 22.9 Å². The molecule has 188 valence electrons. The van der Waals surface area contributed by atoms with Crippen LogP contribution in [0, 0.1) is 21.3 Å². The summed E-state index contributed by atoms with van der Waals surface area (Å²) in [4.78, 5) is 21.7. The number of non-ortho nitro benzene ring substituents is 1. The number of hydroxylamine groups is 3. The van der Waals surface area contributed by atoms with Gasteiger partial charge in [0.25, 0.3) is 5.69 Å². The van der Waals surface area contributed by atoms with Gasteiger partial charge in [0.2, 0.25) is 10.0 Å². The van der Waals surface area contributed by atoms with Gasteiger partial charge in [-0.2, -0.15) is 5.06 Å². The molecular formula is C19H21BrFN7O6S. The van der Waals surface area contributed by atoms with Gasteiger partial charge in [0.05, 0.1) is 20.8 Å². The number of sulfonamides is 1. The van der Waals surface area contributed by atoms with Crippen molar-refractivity contribution in [1.29, 1.82) is 5.41 Å². The molecule has 35 heavy (non-hydrogen) atoms. The Kier molecular flexibility index (Phi) is 8.23. The molecule has 2 aromatic carbocycles. The summed E-state index contributed by atoms with van der Waals surface area (Å²) in [7, 11) is -3.68. The number of amidine groups is 1. The first-order valence-corrected chi connectivity index (χ1v) is 12.4. The number of rotatable bonds is 11. The second-order valence-electron chi connectivity index (χ2n) is 7.19. The lowest BCUT2D eigenvalue weighted by molar-refractivity contribution is -0.384. The maximum absolute atomic E-state index is 13.7. The van der Waals surface area contributed by atoms with Crippen LogP contribution in [0.5, 0.6) is 0 Å². The number of nitro groups is 1. The van der Waals surface area contributed by atoms with Crippen LogP contribution in [-0.2, 0) is 26.4 Å². The van der Waals surface area contributed by atoms with E-state index in [0.29, 0.717) is 11.3 Å². The molecule has 3 rings (SSSR count). The Morgan fingerprint density at radius 1 is 1.29 bits per heavy atom. The number of primary sulfonamides is 1. The van der Waals surface area contributed by atoms with E-state index in [1.54, 1.807) is 0 Å². The molecule has 0 fully saturated rings. The highest BCUT2D eigenvalue weighted by atomic mass is 79.9. The van der Waals surface area contributed by atoms with Gasteiger partial charge in [0, 0.05) is 18.7 Å². The van der Waals surface area contributed by atoms with Gasteiger partial charge in [-0.1, -0.05) is 5.23 Å². The van der Waals surface area contributed by atoms with Crippen LogP contribution in [0.1, 0.15) is 12.0 Å². The van der Waals surface area contributed by atoms with Gasteiger partial charge in [-0.25, -0.2) is 22.8 Å². The molecule has 6 N–H and O–H groups in total. The summed E-state index contributed by atoms with van der Waals surface area (Å²) < 4.78 is 36.3. The largest absolute Gasteiger partial charge is 0.382 e. The molecule has 0 aliphatic carbocycles. The number of halogens is 2. The normalized spacial score (nSPS) is 13.9. The second-order valence-corrected chi connectivity index (χ2v) is 9.78. The van der Waals surface area contributed by atoms with Crippen molar-refractivity contribution in [1.82, 2.24) is 10.5 Å². The van der Waals surface area contributed by atoms with E-state index in [0.717, 1.165) is 10.3 Å². The molecule has 0 saturated heterocycles. The highest BCUT2D eigenvalue weighted by Crippen LogP contribution is 2.32. The molecule has 0 aromatic heterocycles. The first kappa shape index (κ1) is 26.3. The summed E-state index contributed by atoms with van der Waals surface area (Å²) in [6.45, 7) is 0.0107. The number of hydrogen-bond donors (Lipinski definition) is 4. The Bertz CT molecular complexity index is 1260. The lowest BCUT2D eigenvalue weighted by atomic mass is 10.2. The number of benzene rings is 2. The molecule has 16 heteroatoms. The molecule has 0 spiro atoms. The Balaban J connectivity index is 1.86. The van der Waals surface area contributed by atoms with E-state index in [2.05, 4.69) is 21.2 Å². The minimum absolute atomic E-state index is 0.0165. The molecule has 0 amide bonds. The first-order valence-electron chi connectivity index (χ1n) is 9.89. The van der Waals surface area contributed by atoms with Crippen LogP contribution in [0.15, 0.2) is 58.5 Å². The van der Waals surface area contributed by atoms with Crippen molar-refractivity contribution in [2.24, 2.45) is 10.9 Å². The van der Waals surface area contributed by atoms with Crippen molar-refractivity contribution in [2.45, 2.75) is 13.0 Å². The predicted molar refractivity (Wildman–Crippen MR) is 127 cm³/mol. The number of nitrogens with one attached hydrogen (secondary N) is 2. The van der Waals surface area contributed by atoms with Crippen LogP contribution in [0.3, 0.4) is 0 Å². The summed E-state index contributed by atoms with van der Waals surface area (Å²) in [6, 6.07) is 9.60. The Hall–Kier alpha value is -3.31. The van der Waals surface area contributed by atoms with Crippen LogP contribution >= 0.6 is 15.9 Å². The van der Waals surface area contributed by atoms with E-state index in [1.807, 2.05) is 0 Å². The first-order chi connectivity index (χ1) is 16.5. The predicted octanol–water partition coefficient (Wildman–Crippen LogP) is 1.97. The maximum Gasteiger partial charge on any atom is 0.269 e. The molecule has 0 bridgehead atoms. The van der Waals surface area contributed by atoms with Gasteiger partial charge >= 0.3 is 0 Å². The molecule has 0 atom stereocenters. The monoisotopic (exact) mass is 573 g/mol. The lowest BCUT2D eigenvalue weighted by Crippen LogP contribution is -2.31. The smallest absolute Gasteiger partial charge is 0.269 e. The zero-order valence-electron chi connectivity index (χ0n) is 18.0. The van der Waals surface area contributed by atoms with Gasteiger partial charge in [-0.05, 0) is 58.2 Å². The van der Waals surface area contributed by atoms with Crippen LogP contribution < -0.4 is 21.3 Å². The zero-order chi connectivity index (χ0) is 25.8. The fourth-order valence-electron chi connectivity index (χ4n) is 2.93. The van der Waals surface area contributed by atoms with Crippen molar-refractivity contribution in [3.63, 3.8) is 0 Å². The molecule has 0 radical (unpaired) electrons. The van der Waals surface area contributed by atoms with Gasteiger partial charge in [0.15, 0.2) is 11.5 Å². The van der Waals surface area contributed by atoms with Gasteiger partial charge in [-0.15, -0.1) is 4.94 Å².